The first-order chi connectivity index (χ1) is 9.93. The molecule has 2 N–H and O–H groups in total. The van der Waals surface area contributed by atoms with E-state index in [1.807, 2.05) is 32.0 Å². The molecule has 1 aromatic carbocycles. The number of aryl methyl sites for hydroxylation is 1. The van der Waals surface area contributed by atoms with E-state index in [2.05, 4.69) is 5.32 Å². The van der Waals surface area contributed by atoms with E-state index in [1.54, 1.807) is 7.11 Å². The van der Waals surface area contributed by atoms with Crippen LogP contribution in [0.2, 0.25) is 0 Å². The third-order valence-corrected chi connectivity index (χ3v) is 3.27. The Kier molecular flexibility index (Phi) is 6.72. The van der Waals surface area contributed by atoms with Gasteiger partial charge in [0.05, 0.1) is 13.2 Å². The molecule has 0 saturated heterocycles. The van der Waals surface area contributed by atoms with Crippen molar-refractivity contribution < 1.29 is 19.4 Å². The number of hydrogen-bond acceptors (Lipinski definition) is 3. The van der Waals surface area contributed by atoms with Crippen molar-refractivity contribution in [3.05, 3.63) is 29.3 Å². The van der Waals surface area contributed by atoms with Crippen LogP contribution in [0.5, 0.6) is 5.75 Å². The molecule has 0 radical (unpaired) electrons. The summed E-state index contributed by atoms with van der Waals surface area (Å²) in [6.45, 7) is 3.90. The summed E-state index contributed by atoms with van der Waals surface area (Å²) in [5.74, 6) is -0.149. The third kappa shape index (κ3) is 5.85. The van der Waals surface area contributed by atoms with Crippen molar-refractivity contribution in [3.63, 3.8) is 0 Å². The van der Waals surface area contributed by atoms with Gasteiger partial charge in [0, 0.05) is 18.4 Å². The molecular weight excluding hydrogens is 270 g/mol. The molecule has 1 amide bonds. The van der Waals surface area contributed by atoms with Gasteiger partial charge < -0.3 is 15.2 Å². The first-order valence-electron chi connectivity index (χ1n) is 7.09. The summed E-state index contributed by atoms with van der Waals surface area (Å²) in [4.78, 5) is 22.3. The molecule has 0 aromatic heterocycles. The Bertz CT molecular complexity index is 499. The van der Waals surface area contributed by atoms with Crippen molar-refractivity contribution in [1.29, 1.82) is 0 Å². The van der Waals surface area contributed by atoms with Crippen LogP contribution in [0, 0.1) is 6.92 Å². The van der Waals surface area contributed by atoms with E-state index in [4.69, 9.17) is 9.84 Å². The Hall–Kier alpha value is -2.04. The largest absolute Gasteiger partial charge is 0.496 e. The maximum Gasteiger partial charge on any atom is 0.303 e. The number of hydrogen-bond donors (Lipinski definition) is 2. The van der Waals surface area contributed by atoms with Crippen LogP contribution < -0.4 is 10.1 Å². The van der Waals surface area contributed by atoms with Crippen molar-refractivity contribution in [2.75, 3.05) is 7.11 Å². The number of rotatable bonds is 8. The summed E-state index contributed by atoms with van der Waals surface area (Å²) in [5, 5.41) is 11.5. The number of carboxylic acid groups (broad SMARTS) is 1. The second-order valence-corrected chi connectivity index (χ2v) is 5.14. The molecule has 5 nitrogen and oxygen atoms in total. The number of nitrogens with one attached hydrogen (secondary N) is 1. The van der Waals surface area contributed by atoms with Gasteiger partial charge in [-0.25, -0.2) is 0 Å². The molecule has 116 valence electrons. The fourth-order valence-electron chi connectivity index (χ4n) is 2.15. The van der Waals surface area contributed by atoms with Gasteiger partial charge in [-0.1, -0.05) is 17.7 Å². The van der Waals surface area contributed by atoms with Crippen LogP contribution in [0.25, 0.3) is 0 Å². The highest BCUT2D eigenvalue weighted by molar-refractivity contribution is 5.76. The summed E-state index contributed by atoms with van der Waals surface area (Å²) in [6, 6.07) is 5.70. The minimum Gasteiger partial charge on any atom is -0.496 e. The molecule has 5 heteroatoms. The van der Waals surface area contributed by atoms with E-state index >= 15 is 0 Å². The summed E-state index contributed by atoms with van der Waals surface area (Å²) in [5.41, 5.74) is 2.05. The second-order valence-electron chi connectivity index (χ2n) is 5.14. The quantitative estimate of drug-likeness (QED) is 0.723. The van der Waals surface area contributed by atoms with Crippen LogP contribution in [0.4, 0.5) is 0 Å². The highest BCUT2D eigenvalue weighted by atomic mass is 16.5. The SMILES string of the molecule is COc1ccc(C)cc1C(C)NC(=O)CCCCC(=O)O. The zero-order valence-electron chi connectivity index (χ0n) is 12.8. The molecule has 0 fully saturated rings. The molecule has 1 atom stereocenters. The van der Waals surface area contributed by atoms with Crippen LogP contribution in [0.15, 0.2) is 18.2 Å². The third-order valence-electron chi connectivity index (χ3n) is 3.27. The zero-order chi connectivity index (χ0) is 15.8. The molecular formula is C16H23NO4. The number of carbonyl (C=O) groups is 2. The number of carbonyl (C=O) groups excluding carboxylic acids is 1. The minimum absolute atomic E-state index is 0.0727. The normalized spacial score (nSPS) is 11.8. The monoisotopic (exact) mass is 293 g/mol. The Balaban J connectivity index is 2.52. The fourth-order valence-corrected chi connectivity index (χ4v) is 2.15. The molecule has 0 saturated carbocycles. The van der Waals surface area contributed by atoms with E-state index in [9.17, 15) is 9.59 Å². The van der Waals surface area contributed by atoms with Crippen LogP contribution in [0.1, 0.15) is 49.8 Å². The molecule has 1 aromatic rings. The van der Waals surface area contributed by atoms with Gasteiger partial charge in [-0.05, 0) is 32.8 Å². The van der Waals surface area contributed by atoms with Gasteiger partial charge in [-0.2, -0.15) is 0 Å². The number of aliphatic carboxylic acids is 1. The molecule has 0 bridgehead atoms. The van der Waals surface area contributed by atoms with Gasteiger partial charge in [-0.3, -0.25) is 9.59 Å². The summed E-state index contributed by atoms with van der Waals surface area (Å²) >= 11 is 0. The minimum atomic E-state index is -0.826. The molecule has 1 rings (SSSR count). The van der Waals surface area contributed by atoms with E-state index < -0.39 is 5.97 Å². The average molecular weight is 293 g/mol. The molecule has 0 aliphatic rings. The van der Waals surface area contributed by atoms with Gasteiger partial charge in [0.2, 0.25) is 5.91 Å². The number of unbranched alkanes of at least 4 members (excludes halogenated alkanes) is 1. The molecule has 0 aliphatic carbocycles. The van der Waals surface area contributed by atoms with E-state index in [-0.39, 0.29) is 18.4 Å². The summed E-state index contributed by atoms with van der Waals surface area (Å²) < 4.78 is 5.31. The van der Waals surface area contributed by atoms with Gasteiger partial charge >= 0.3 is 5.97 Å². The zero-order valence-corrected chi connectivity index (χ0v) is 12.8. The lowest BCUT2D eigenvalue weighted by Crippen LogP contribution is -2.26. The number of benzene rings is 1. The van der Waals surface area contributed by atoms with Crippen molar-refractivity contribution in [3.8, 4) is 5.75 Å². The number of ether oxygens (including phenoxy) is 1. The van der Waals surface area contributed by atoms with Gasteiger partial charge in [0.1, 0.15) is 5.75 Å². The molecule has 1 unspecified atom stereocenters. The van der Waals surface area contributed by atoms with Crippen molar-refractivity contribution in [2.45, 2.75) is 45.6 Å². The predicted molar refractivity (Wildman–Crippen MR) is 80.4 cm³/mol. The van der Waals surface area contributed by atoms with E-state index in [1.165, 1.54) is 0 Å². The van der Waals surface area contributed by atoms with Gasteiger partial charge in [0.25, 0.3) is 0 Å². The topological polar surface area (TPSA) is 75.6 Å². The lowest BCUT2D eigenvalue weighted by molar-refractivity contribution is -0.137. The number of methoxy groups -OCH3 is 1. The lowest BCUT2D eigenvalue weighted by atomic mass is 10.0. The molecule has 0 heterocycles. The second kappa shape index (κ2) is 8.29. The Labute approximate surface area is 125 Å². The van der Waals surface area contributed by atoms with Gasteiger partial charge in [0.15, 0.2) is 0 Å². The Morgan fingerprint density at radius 3 is 2.57 bits per heavy atom. The van der Waals surface area contributed by atoms with Crippen LogP contribution in [-0.2, 0) is 9.59 Å². The standard InChI is InChI=1S/C16H23NO4/c1-11-8-9-14(21-3)13(10-11)12(2)17-15(18)6-4-5-7-16(19)20/h8-10,12H,4-7H2,1-3H3,(H,17,18)(H,19,20). The highest BCUT2D eigenvalue weighted by Crippen LogP contribution is 2.26. The summed E-state index contributed by atoms with van der Waals surface area (Å²) in [6.07, 6.45) is 1.54. The fraction of sp³-hybridized carbons (Fsp3) is 0.500. The Morgan fingerprint density at radius 1 is 1.29 bits per heavy atom. The summed E-state index contributed by atoms with van der Waals surface area (Å²) in [7, 11) is 1.61. The first kappa shape index (κ1) is 17.0. The maximum atomic E-state index is 11.9. The number of carboxylic acids is 1. The number of amides is 1. The smallest absolute Gasteiger partial charge is 0.303 e. The van der Waals surface area contributed by atoms with Crippen molar-refractivity contribution in [1.82, 2.24) is 5.32 Å². The Morgan fingerprint density at radius 2 is 1.95 bits per heavy atom. The highest BCUT2D eigenvalue weighted by Gasteiger charge is 2.14. The van der Waals surface area contributed by atoms with Crippen LogP contribution in [-0.4, -0.2) is 24.1 Å². The predicted octanol–water partition coefficient (Wildman–Crippen LogP) is 2.83. The molecule has 21 heavy (non-hydrogen) atoms. The molecule has 0 spiro atoms. The van der Waals surface area contributed by atoms with Crippen LogP contribution >= 0.6 is 0 Å². The van der Waals surface area contributed by atoms with Crippen molar-refractivity contribution >= 4 is 11.9 Å². The van der Waals surface area contributed by atoms with Crippen molar-refractivity contribution in [2.24, 2.45) is 0 Å². The average Bonchev–Trinajstić information content (AvgIpc) is 2.43. The maximum absolute atomic E-state index is 11.9. The first-order valence-corrected chi connectivity index (χ1v) is 7.09. The lowest BCUT2D eigenvalue weighted by Gasteiger charge is -2.18. The van der Waals surface area contributed by atoms with E-state index in [0.29, 0.717) is 19.3 Å². The van der Waals surface area contributed by atoms with E-state index in [0.717, 1.165) is 16.9 Å². The van der Waals surface area contributed by atoms with Gasteiger partial charge in [-0.15, -0.1) is 0 Å². The van der Waals surface area contributed by atoms with Crippen LogP contribution in [0.3, 0.4) is 0 Å². The molecule has 0 aliphatic heterocycles.